The van der Waals surface area contributed by atoms with Crippen molar-refractivity contribution in [3.05, 3.63) is 59.4 Å². The van der Waals surface area contributed by atoms with E-state index in [1.807, 2.05) is 6.07 Å². The molecular weight excluding hydrogens is 426 g/mol. The molecule has 0 saturated heterocycles. The van der Waals surface area contributed by atoms with E-state index >= 15 is 0 Å². The van der Waals surface area contributed by atoms with Crippen molar-refractivity contribution >= 4 is 39.4 Å². The van der Waals surface area contributed by atoms with Crippen molar-refractivity contribution in [2.45, 2.75) is 59.0 Å². The van der Waals surface area contributed by atoms with Crippen LogP contribution in [-0.4, -0.2) is 33.7 Å². The van der Waals surface area contributed by atoms with Crippen LogP contribution < -0.4 is 11.1 Å². The van der Waals surface area contributed by atoms with Crippen molar-refractivity contribution in [2.24, 2.45) is 0 Å². The summed E-state index contributed by atoms with van der Waals surface area (Å²) in [6, 6.07) is 14.4. The number of nitrogens with one attached hydrogen (secondary N) is 1. The number of benzene rings is 2. The van der Waals surface area contributed by atoms with Crippen LogP contribution in [0.1, 0.15) is 55.4 Å². The number of carbonyl (C=O) groups excluding carboxylic acids is 1. The molecule has 0 saturated carbocycles. The van der Waals surface area contributed by atoms with Crippen molar-refractivity contribution < 1.29 is 9.53 Å². The van der Waals surface area contributed by atoms with Gasteiger partial charge in [0.2, 0.25) is 0 Å². The Labute approximate surface area is 200 Å². The molecule has 0 fully saturated rings. The lowest BCUT2D eigenvalue weighted by atomic mass is 10.1. The minimum atomic E-state index is -0.394. The van der Waals surface area contributed by atoms with Gasteiger partial charge in [0.15, 0.2) is 5.82 Å². The summed E-state index contributed by atoms with van der Waals surface area (Å²) >= 11 is 0. The minimum absolute atomic E-state index is 0.380. The molecule has 34 heavy (non-hydrogen) atoms. The van der Waals surface area contributed by atoms with Crippen LogP contribution in [0.4, 0.5) is 11.5 Å². The predicted molar refractivity (Wildman–Crippen MR) is 138 cm³/mol. The fourth-order valence-corrected chi connectivity index (χ4v) is 4.31. The number of anilines is 2. The van der Waals surface area contributed by atoms with Crippen LogP contribution in [0.2, 0.25) is 0 Å². The normalized spacial score (nSPS) is 11.4. The minimum Gasteiger partial charge on any atom is -0.465 e. The molecule has 0 atom stereocenters. The van der Waals surface area contributed by atoms with Gasteiger partial charge in [-0.2, -0.15) is 0 Å². The Morgan fingerprint density at radius 2 is 1.88 bits per heavy atom. The second kappa shape index (κ2) is 10.1. The smallest absolute Gasteiger partial charge is 0.337 e. The molecule has 7 heteroatoms. The summed E-state index contributed by atoms with van der Waals surface area (Å²) in [5.74, 6) is 1.01. The Morgan fingerprint density at radius 3 is 2.56 bits per heavy atom. The molecule has 0 spiro atoms. The second-order valence-corrected chi connectivity index (χ2v) is 8.95. The fourth-order valence-electron chi connectivity index (χ4n) is 4.31. The highest BCUT2D eigenvalue weighted by atomic mass is 16.5. The molecule has 0 aliphatic heterocycles. The quantitative estimate of drug-likeness (QED) is 0.327. The zero-order valence-electron chi connectivity index (χ0n) is 20.4. The van der Waals surface area contributed by atoms with E-state index in [1.54, 1.807) is 12.1 Å². The number of pyridine rings is 1. The zero-order valence-corrected chi connectivity index (χ0v) is 20.4. The highest BCUT2D eigenvalue weighted by molar-refractivity contribution is 6.08. The largest absolute Gasteiger partial charge is 0.465 e. The lowest BCUT2D eigenvalue weighted by Gasteiger charge is -2.13. The van der Waals surface area contributed by atoms with Gasteiger partial charge in [-0.1, -0.05) is 25.5 Å². The maximum Gasteiger partial charge on any atom is 0.337 e. The third kappa shape index (κ3) is 4.83. The highest BCUT2D eigenvalue weighted by Crippen LogP contribution is 2.30. The molecule has 0 unspecified atom stereocenters. The van der Waals surface area contributed by atoms with Crippen LogP contribution in [-0.2, 0) is 24.1 Å². The highest BCUT2D eigenvalue weighted by Gasteiger charge is 2.18. The third-order valence-corrected chi connectivity index (χ3v) is 5.99. The molecule has 4 rings (SSSR count). The first kappa shape index (κ1) is 23.5. The van der Waals surface area contributed by atoms with E-state index in [0.29, 0.717) is 22.9 Å². The first-order valence-corrected chi connectivity index (χ1v) is 11.9. The summed E-state index contributed by atoms with van der Waals surface area (Å²) in [5.41, 5.74) is 11.6. The Hall–Kier alpha value is -3.61. The number of aryl methyl sites for hydroxylation is 3. The van der Waals surface area contributed by atoms with Crippen LogP contribution in [0.15, 0.2) is 42.5 Å². The van der Waals surface area contributed by atoms with E-state index in [0.717, 1.165) is 60.2 Å². The third-order valence-electron chi connectivity index (χ3n) is 5.99. The monoisotopic (exact) mass is 459 g/mol. The standard InChI is InChI=1S/C27H33N5O2/c1-5-6-7-23-31-24-25(21-13-10-19(27(33)34-4)16-22(21)30-26(24)28)32(23)15-14-18-8-11-20(12-9-18)29-17(2)3/h8-13,16-17,29H,5-7,14-15H2,1-4H3,(H2,28,30). The van der Waals surface area contributed by atoms with Gasteiger partial charge in [0.25, 0.3) is 0 Å². The summed E-state index contributed by atoms with van der Waals surface area (Å²) in [6.07, 6.45) is 3.89. The van der Waals surface area contributed by atoms with Gasteiger partial charge in [-0.05, 0) is 62.6 Å². The van der Waals surface area contributed by atoms with Crippen molar-refractivity contribution in [1.82, 2.24) is 14.5 Å². The van der Waals surface area contributed by atoms with Gasteiger partial charge in [-0.25, -0.2) is 14.8 Å². The first-order chi connectivity index (χ1) is 16.4. The van der Waals surface area contributed by atoms with Crippen LogP contribution in [0, 0.1) is 0 Å². The number of carbonyl (C=O) groups is 1. The van der Waals surface area contributed by atoms with Crippen LogP contribution in [0.25, 0.3) is 21.9 Å². The Kier molecular flexibility index (Phi) is 7.01. The Bertz CT molecular complexity index is 1310. The molecule has 0 aliphatic carbocycles. The summed E-state index contributed by atoms with van der Waals surface area (Å²) < 4.78 is 7.15. The Morgan fingerprint density at radius 1 is 1.12 bits per heavy atom. The Balaban J connectivity index is 1.75. The van der Waals surface area contributed by atoms with Gasteiger partial charge in [0, 0.05) is 30.1 Å². The van der Waals surface area contributed by atoms with Gasteiger partial charge in [-0.15, -0.1) is 0 Å². The number of esters is 1. The van der Waals surface area contributed by atoms with E-state index < -0.39 is 5.97 Å². The number of rotatable bonds is 9. The molecule has 0 radical (unpaired) electrons. The molecule has 2 aromatic heterocycles. The summed E-state index contributed by atoms with van der Waals surface area (Å²) in [7, 11) is 1.37. The first-order valence-electron chi connectivity index (χ1n) is 11.9. The fraction of sp³-hybridized carbons (Fsp3) is 0.370. The van der Waals surface area contributed by atoms with E-state index in [9.17, 15) is 4.79 Å². The van der Waals surface area contributed by atoms with Crippen LogP contribution in [0.5, 0.6) is 0 Å². The van der Waals surface area contributed by atoms with Crippen molar-refractivity contribution in [3.63, 3.8) is 0 Å². The molecule has 0 bridgehead atoms. The second-order valence-electron chi connectivity index (χ2n) is 8.95. The van der Waals surface area contributed by atoms with E-state index in [1.165, 1.54) is 12.7 Å². The molecule has 7 nitrogen and oxygen atoms in total. The lowest BCUT2D eigenvalue weighted by molar-refractivity contribution is 0.0601. The number of ether oxygens (including phenoxy) is 1. The van der Waals surface area contributed by atoms with Gasteiger partial charge in [0.05, 0.1) is 23.7 Å². The zero-order chi connectivity index (χ0) is 24.2. The van der Waals surface area contributed by atoms with Gasteiger partial charge in [0.1, 0.15) is 11.3 Å². The van der Waals surface area contributed by atoms with Gasteiger partial charge < -0.3 is 20.4 Å². The molecule has 4 aromatic rings. The number of nitrogen functional groups attached to an aromatic ring is 1. The molecule has 3 N–H and O–H groups in total. The summed E-state index contributed by atoms with van der Waals surface area (Å²) in [6.45, 7) is 7.23. The number of imidazole rings is 1. The number of fused-ring (bicyclic) bond motifs is 3. The molecular formula is C27H33N5O2. The van der Waals surface area contributed by atoms with E-state index in [2.05, 4.69) is 59.9 Å². The predicted octanol–water partition coefficient (Wildman–Crippen LogP) is 5.36. The number of hydrogen-bond acceptors (Lipinski definition) is 6. The molecule has 2 heterocycles. The average molecular weight is 460 g/mol. The maximum atomic E-state index is 12.0. The van der Waals surface area contributed by atoms with Crippen LogP contribution >= 0.6 is 0 Å². The van der Waals surface area contributed by atoms with E-state index in [-0.39, 0.29) is 0 Å². The van der Waals surface area contributed by atoms with Gasteiger partial charge in [-0.3, -0.25) is 0 Å². The molecule has 178 valence electrons. The number of aromatic nitrogens is 3. The van der Waals surface area contributed by atoms with Crippen LogP contribution in [0.3, 0.4) is 0 Å². The molecule has 0 amide bonds. The number of hydrogen-bond donors (Lipinski definition) is 2. The number of nitrogens with two attached hydrogens (primary N) is 1. The number of methoxy groups -OCH3 is 1. The van der Waals surface area contributed by atoms with Crippen molar-refractivity contribution in [3.8, 4) is 0 Å². The molecule has 0 aliphatic rings. The van der Waals surface area contributed by atoms with Crippen molar-refractivity contribution in [2.75, 3.05) is 18.2 Å². The number of nitrogens with zero attached hydrogens (tertiary/aromatic N) is 3. The van der Waals surface area contributed by atoms with Crippen molar-refractivity contribution in [1.29, 1.82) is 0 Å². The lowest BCUT2D eigenvalue weighted by Crippen LogP contribution is -2.10. The topological polar surface area (TPSA) is 95.1 Å². The van der Waals surface area contributed by atoms with E-state index in [4.69, 9.17) is 15.5 Å². The summed E-state index contributed by atoms with van der Waals surface area (Å²) in [4.78, 5) is 21.5. The average Bonchev–Trinajstić information content (AvgIpc) is 3.20. The summed E-state index contributed by atoms with van der Waals surface area (Å²) in [5, 5.41) is 4.37. The SMILES string of the molecule is CCCCc1nc2c(N)nc3cc(C(=O)OC)ccc3c2n1CCc1ccc(NC(C)C)cc1. The van der Waals surface area contributed by atoms with Gasteiger partial charge >= 0.3 is 5.97 Å². The number of unbranched alkanes of at least 4 members (excludes halogenated alkanes) is 1. The maximum absolute atomic E-state index is 12.0. The molecule has 2 aromatic carbocycles.